The first-order chi connectivity index (χ1) is 7.08. The third-order valence-corrected chi connectivity index (χ3v) is 1.87. The van der Waals surface area contributed by atoms with Crippen molar-refractivity contribution in [3.05, 3.63) is 29.8 Å². The molecule has 0 spiro atoms. The predicted octanol–water partition coefficient (Wildman–Crippen LogP) is 2.50. The zero-order valence-electron chi connectivity index (χ0n) is 8.54. The van der Waals surface area contributed by atoms with Crippen LogP contribution in [0.1, 0.15) is 19.8 Å². The van der Waals surface area contributed by atoms with E-state index in [-0.39, 0.29) is 11.9 Å². The standard InChI is InChI=1S/C11H14F2O2/c1-8(14)3-2-4-15-11-6-9(12)5-10(13)7-11/h5-8,14H,2-4H2,1H3. The molecule has 1 aromatic rings. The third-order valence-electron chi connectivity index (χ3n) is 1.87. The molecule has 0 aliphatic rings. The van der Waals surface area contributed by atoms with Gasteiger partial charge in [0, 0.05) is 18.2 Å². The van der Waals surface area contributed by atoms with Crippen LogP contribution in [-0.4, -0.2) is 17.8 Å². The molecular weight excluding hydrogens is 202 g/mol. The van der Waals surface area contributed by atoms with Crippen molar-refractivity contribution in [1.82, 2.24) is 0 Å². The fraction of sp³-hybridized carbons (Fsp3) is 0.455. The van der Waals surface area contributed by atoms with Crippen LogP contribution in [0.5, 0.6) is 5.75 Å². The first-order valence-corrected chi connectivity index (χ1v) is 4.85. The fourth-order valence-corrected chi connectivity index (χ4v) is 1.18. The Labute approximate surface area is 87.5 Å². The zero-order valence-corrected chi connectivity index (χ0v) is 8.54. The molecule has 0 aromatic heterocycles. The molecule has 0 amide bonds. The Hall–Kier alpha value is -1.16. The minimum atomic E-state index is -0.652. The number of benzene rings is 1. The molecule has 4 heteroatoms. The van der Waals surface area contributed by atoms with Crippen molar-refractivity contribution in [2.75, 3.05) is 6.61 Å². The minimum Gasteiger partial charge on any atom is -0.493 e. The summed E-state index contributed by atoms with van der Waals surface area (Å²) in [4.78, 5) is 0. The van der Waals surface area contributed by atoms with E-state index in [9.17, 15) is 8.78 Å². The Morgan fingerprint density at radius 2 is 1.87 bits per heavy atom. The molecule has 1 N–H and O–H groups in total. The van der Waals surface area contributed by atoms with Gasteiger partial charge in [0.2, 0.25) is 0 Å². The van der Waals surface area contributed by atoms with Crippen molar-refractivity contribution in [3.8, 4) is 5.75 Å². The van der Waals surface area contributed by atoms with E-state index in [1.165, 1.54) is 0 Å². The van der Waals surface area contributed by atoms with Gasteiger partial charge in [0.15, 0.2) is 0 Å². The van der Waals surface area contributed by atoms with Crippen molar-refractivity contribution in [1.29, 1.82) is 0 Å². The monoisotopic (exact) mass is 216 g/mol. The van der Waals surface area contributed by atoms with Gasteiger partial charge in [-0.25, -0.2) is 8.78 Å². The minimum absolute atomic E-state index is 0.179. The number of halogens is 2. The SMILES string of the molecule is CC(O)CCCOc1cc(F)cc(F)c1. The van der Waals surface area contributed by atoms with Gasteiger partial charge in [-0.15, -0.1) is 0 Å². The predicted molar refractivity (Wildman–Crippen MR) is 52.8 cm³/mol. The summed E-state index contributed by atoms with van der Waals surface area (Å²) < 4.78 is 30.5. The van der Waals surface area contributed by atoms with E-state index >= 15 is 0 Å². The lowest BCUT2D eigenvalue weighted by molar-refractivity contribution is 0.170. The number of rotatable bonds is 5. The fourth-order valence-electron chi connectivity index (χ4n) is 1.18. The molecule has 15 heavy (non-hydrogen) atoms. The van der Waals surface area contributed by atoms with Gasteiger partial charge in [0.05, 0.1) is 12.7 Å². The summed E-state index contributed by atoms with van der Waals surface area (Å²) in [6.07, 6.45) is 0.881. The molecule has 0 aliphatic heterocycles. The van der Waals surface area contributed by atoms with Crippen LogP contribution < -0.4 is 4.74 Å². The molecule has 0 saturated heterocycles. The van der Waals surface area contributed by atoms with Crippen LogP contribution in [-0.2, 0) is 0 Å². The Morgan fingerprint density at radius 3 is 2.40 bits per heavy atom. The Balaban J connectivity index is 2.37. The van der Waals surface area contributed by atoms with Crippen molar-refractivity contribution in [2.45, 2.75) is 25.9 Å². The van der Waals surface area contributed by atoms with Crippen molar-refractivity contribution in [2.24, 2.45) is 0 Å². The highest BCUT2D eigenvalue weighted by Gasteiger charge is 2.01. The second kappa shape index (κ2) is 5.66. The summed E-state index contributed by atoms with van der Waals surface area (Å²) in [6, 6.07) is 3.06. The van der Waals surface area contributed by atoms with Gasteiger partial charge in [0.25, 0.3) is 0 Å². The molecule has 1 atom stereocenters. The smallest absolute Gasteiger partial charge is 0.129 e. The molecule has 0 saturated carbocycles. The van der Waals surface area contributed by atoms with E-state index in [2.05, 4.69) is 0 Å². The summed E-state index contributed by atoms with van der Waals surface area (Å²) in [6.45, 7) is 2.02. The Kier molecular flexibility index (Phi) is 4.49. The van der Waals surface area contributed by atoms with Crippen LogP contribution in [0.3, 0.4) is 0 Å². The maximum absolute atomic E-state index is 12.7. The average molecular weight is 216 g/mol. The second-order valence-electron chi connectivity index (χ2n) is 3.44. The van der Waals surface area contributed by atoms with Crippen molar-refractivity contribution in [3.63, 3.8) is 0 Å². The summed E-state index contributed by atoms with van der Waals surface area (Å²) in [5.41, 5.74) is 0. The van der Waals surface area contributed by atoms with E-state index in [4.69, 9.17) is 9.84 Å². The van der Waals surface area contributed by atoms with Crippen molar-refractivity contribution < 1.29 is 18.6 Å². The Bertz CT molecular complexity index is 293. The number of hydrogen-bond acceptors (Lipinski definition) is 2. The molecule has 0 aliphatic carbocycles. The molecule has 2 nitrogen and oxygen atoms in total. The lowest BCUT2D eigenvalue weighted by Gasteiger charge is -2.07. The third kappa shape index (κ3) is 4.74. The molecule has 1 aromatic carbocycles. The van der Waals surface area contributed by atoms with Crippen LogP contribution in [0.15, 0.2) is 18.2 Å². The van der Waals surface area contributed by atoms with E-state index < -0.39 is 11.6 Å². The molecule has 0 heterocycles. The summed E-state index contributed by atoms with van der Waals surface area (Å²) >= 11 is 0. The zero-order chi connectivity index (χ0) is 11.3. The van der Waals surface area contributed by atoms with Gasteiger partial charge in [-0.2, -0.15) is 0 Å². The highest BCUT2D eigenvalue weighted by atomic mass is 19.1. The highest BCUT2D eigenvalue weighted by molar-refractivity contribution is 5.23. The van der Waals surface area contributed by atoms with Crippen molar-refractivity contribution >= 4 is 0 Å². The highest BCUT2D eigenvalue weighted by Crippen LogP contribution is 2.15. The number of hydrogen-bond donors (Lipinski definition) is 1. The topological polar surface area (TPSA) is 29.5 Å². The number of aliphatic hydroxyl groups excluding tert-OH is 1. The summed E-state index contributed by atoms with van der Waals surface area (Å²) in [7, 11) is 0. The normalized spacial score (nSPS) is 12.5. The molecule has 84 valence electrons. The molecule has 0 radical (unpaired) electrons. The summed E-state index contributed by atoms with van der Waals surface area (Å²) in [5, 5.41) is 8.96. The van der Waals surface area contributed by atoms with E-state index in [1.807, 2.05) is 0 Å². The molecule has 0 bridgehead atoms. The van der Waals surface area contributed by atoms with Gasteiger partial charge in [0.1, 0.15) is 17.4 Å². The lowest BCUT2D eigenvalue weighted by Crippen LogP contribution is -2.04. The first kappa shape index (κ1) is 11.9. The number of aliphatic hydroxyl groups is 1. The Morgan fingerprint density at radius 1 is 1.27 bits per heavy atom. The van der Waals surface area contributed by atoms with E-state index in [0.717, 1.165) is 18.2 Å². The van der Waals surface area contributed by atoms with Crippen LogP contribution in [0.2, 0.25) is 0 Å². The maximum atomic E-state index is 12.7. The molecular formula is C11H14F2O2. The van der Waals surface area contributed by atoms with Crippen LogP contribution in [0, 0.1) is 11.6 Å². The van der Waals surface area contributed by atoms with Crippen LogP contribution in [0.4, 0.5) is 8.78 Å². The molecule has 0 fully saturated rings. The molecule has 1 rings (SSSR count). The van der Waals surface area contributed by atoms with Gasteiger partial charge >= 0.3 is 0 Å². The van der Waals surface area contributed by atoms with Gasteiger partial charge in [-0.3, -0.25) is 0 Å². The molecule has 1 unspecified atom stereocenters. The van der Waals surface area contributed by atoms with Crippen LogP contribution in [0.25, 0.3) is 0 Å². The lowest BCUT2D eigenvalue weighted by atomic mass is 10.2. The largest absolute Gasteiger partial charge is 0.493 e. The van der Waals surface area contributed by atoms with Gasteiger partial charge in [-0.1, -0.05) is 0 Å². The summed E-state index contributed by atoms with van der Waals surface area (Å²) in [5.74, 6) is -1.13. The quantitative estimate of drug-likeness (QED) is 0.766. The van der Waals surface area contributed by atoms with E-state index in [0.29, 0.717) is 19.4 Å². The van der Waals surface area contributed by atoms with Gasteiger partial charge in [-0.05, 0) is 19.8 Å². The number of ether oxygens (including phenoxy) is 1. The average Bonchev–Trinajstić information content (AvgIpc) is 2.10. The second-order valence-corrected chi connectivity index (χ2v) is 3.44. The van der Waals surface area contributed by atoms with E-state index in [1.54, 1.807) is 6.92 Å². The van der Waals surface area contributed by atoms with Gasteiger partial charge < -0.3 is 9.84 Å². The maximum Gasteiger partial charge on any atom is 0.129 e. The first-order valence-electron chi connectivity index (χ1n) is 4.85. The van der Waals surface area contributed by atoms with Crippen LogP contribution >= 0.6 is 0 Å².